The summed E-state index contributed by atoms with van der Waals surface area (Å²) in [5, 5.41) is 11.3. The Kier molecular flexibility index (Phi) is 6.47. The summed E-state index contributed by atoms with van der Waals surface area (Å²) in [7, 11) is 0. The molecule has 0 bridgehead atoms. The van der Waals surface area contributed by atoms with Crippen LogP contribution in [0.4, 0.5) is 0 Å². The highest BCUT2D eigenvalue weighted by atomic mass is 16.3. The van der Waals surface area contributed by atoms with Gasteiger partial charge >= 0.3 is 0 Å². The van der Waals surface area contributed by atoms with Gasteiger partial charge in [-0.25, -0.2) is 0 Å². The number of hydrogen-bond acceptors (Lipinski definition) is 4. The smallest absolute Gasteiger partial charge is 0.234 e. The van der Waals surface area contributed by atoms with Crippen LogP contribution in [0.1, 0.15) is 20.3 Å². The number of carbonyl (C=O) groups excluding carboxylic acids is 1. The summed E-state index contributed by atoms with van der Waals surface area (Å²) in [6, 6.07) is 0.639. The van der Waals surface area contributed by atoms with E-state index in [9.17, 15) is 4.79 Å². The minimum atomic E-state index is 0.00747. The zero-order valence-electron chi connectivity index (χ0n) is 11.0. The summed E-state index contributed by atoms with van der Waals surface area (Å²) in [4.78, 5) is 16.1. The van der Waals surface area contributed by atoms with Gasteiger partial charge in [0.1, 0.15) is 0 Å². The van der Waals surface area contributed by atoms with E-state index in [0.717, 1.165) is 26.2 Å². The first-order valence-electron chi connectivity index (χ1n) is 6.51. The van der Waals surface area contributed by atoms with Crippen LogP contribution in [-0.2, 0) is 4.79 Å². The predicted molar refractivity (Wildman–Crippen MR) is 67.9 cm³/mol. The average Bonchev–Trinajstić information content (AvgIpc) is 2.36. The number of nitrogens with one attached hydrogen (secondary N) is 1. The molecule has 0 saturated carbocycles. The number of rotatable bonds is 6. The van der Waals surface area contributed by atoms with Gasteiger partial charge in [0.2, 0.25) is 5.91 Å². The summed E-state index contributed by atoms with van der Waals surface area (Å²) in [5.74, 6) is 0.0102. The number of carbonyl (C=O) groups is 1. The van der Waals surface area contributed by atoms with Gasteiger partial charge in [-0.3, -0.25) is 14.6 Å². The van der Waals surface area contributed by atoms with E-state index in [1.165, 1.54) is 6.42 Å². The highest BCUT2D eigenvalue weighted by Gasteiger charge is 2.21. The van der Waals surface area contributed by atoms with Gasteiger partial charge in [-0.05, 0) is 13.3 Å². The molecule has 0 aromatic heterocycles. The Bertz CT molecular complexity index is 228. The molecule has 5 nitrogen and oxygen atoms in total. The molecule has 0 aromatic carbocycles. The monoisotopic (exact) mass is 243 g/mol. The molecule has 2 N–H and O–H groups in total. The zero-order chi connectivity index (χ0) is 12.7. The van der Waals surface area contributed by atoms with E-state index >= 15 is 0 Å². The third kappa shape index (κ3) is 5.02. The fourth-order valence-corrected chi connectivity index (χ4v) is 2.07. The molecule has 1 saturated heterocycles. The second-order valence-electron chi connectivity index (χ2n) is 4.64. The predicted octanol–water partition coefficient (Wildman–Crippen LogP) is -0.489. The van der Waals surface area contributed by atoms with E-state index in [2.05, 4.69) is 29.0 Å². The van der Waals surface area contributed by atoms with Crippen LogP contribution in [0.15, 0.2) is 0 Å². The van der Waals surface area contributed by atoms with Crippen LogP contribution in [0, 0.1) is 0 Å². The van der Waals surface area contributed by atoms with E-state index in [4.69, 9.17) is 5.11 Å². The number of aliphatic hydroxyl groups is 1. The first-order valence-corrected chi connectivity index (χ1v) is 6.51. The van der Waals surface area contributed by atoms with E-state index in [0.29, 0.717) is 19.1 Å². The number of amides is 1. The molecule has 0 radical (unpaired) electrons. The maximum absolute atomic E-state index is 11.5. The largest absolute Gasteiger partial charge is 0.395 e. The van der Waals surface area contributed by atoms with Crippen molar-refractivity contribution in [2.75, 3.05) is 45.9 Å². The number of hydrogen-bond donors (Lipinski definition) is 2. The minimum absolute atomic E-state index is 0.00747. The van der Waals surface area contributed by atoms with Crippen LogP contribution >= 0.6 is 0 Å². The highest BCUT2D eigenvalue weighted by molar-refractivity contribution is 5.77. The lowest BCUT2D eigenvalue weighted by Crippen LogP contribution is -2.51. The lowest BCUT2D eigenvalue weighted by atomic mass is 10.2. The topological polar surface area (TPSA) is 55.8 Å². The van der Waals surface area contributed by atoms with Crippen molar-refractivity contribution in [1.82, 2.24) is 15.1 Å². The molecule has 1 amide bonds. The van der Waals surface area contributed by atoms with Crippen LogP contribution in [-0.4, -0.2) is 72.7 Å². The maximum atomic E-state index is 11.5. The average molecular weight is 243 g/mol. The van der Waals surface area contributed by atoms with Crippen molar-refractivity contribution in [3.05, 3.63) is 0 Å². The molecule has 1 aliphatic rings. The van der Waals surface area contributed by atoms with Gasteiger partial charge < -0.3 is 10.4 Å². The number of nitrogens with zero attached hydrogens (tertiary/aromatic N) is 2. The standard InChI is InChI=1S/C12H25N3O2/c1-3-11(2)15-7-5-14(6-8-15)10-12(17)13-4-9-16/h11,16H,3-10H2,1-2H3,(H,13,17). The van der Waals surface area contributed by atoms with Gasteiger partial charge in [-0.15, -0.1) is 0 Å². The molecule has 1 heterocycles. The minimum Gasteiger partial charge on any atom is -0.395 e. The molecule has 5 heteroatoms. The molecule has 0 aliphatic carbocycles. The zero-order valence-corrected chi connectivity index (χ0v) is 11.0. The summed E-state index contributed by atoms with van der Waals surface area (Å²) in [6.07, 6.45) is 1.18. The summed E-state index contributed by atoms with van der Waals surface area (Å²) in [5.41, 5.74) is 0. The lowest BCUT2D eigenvalue weighted by Gasteiger charge is -2.37. The van der Waals surface area contributed by atoms with E-state index < -0.39 is 0 Å². The van der Waals surface area contributed by atoms with Gasteiger partial charge in [-0.1, -0.05) is 6.92 Å². The highest BCUT2D eigenvalue weighted by Crippen LogP contribution is 2.08. The van der Waals surface area contributed by atoms with Crippen molar-refractivity contribution in [1.29, 1.82) is 0 Å². The molecule has 0 spiro atoms. The summed E-state index contributed by atoms with van der Waals surface area (Å²) < 4.78 is 0. The van der Waals surface area contributed by atoms with Crippen molar-refractivity contribution >= 4 is 5.91 Å². The Balaban J connectivity index is 2.20. The van der Waals surface area contributed by atoms with E-state index in [1.54, 1.807) is 0 Å². The van der Waals surface area contributed by atoms with Crippen LogP contribution in [0.3, 0.4) is 0 Å². The second-order valence-corrected chi connectivity index (χ2v) is 4.64. The third-order valence-electron chi connectivity index (χ3n) is 3.42. The first kappa shape index (κ1) is 14.4. The molecule has 1 fully saturated rings. The molecule has 1 aliphatic heterocycles. The van der Waals surface area contributed by atoms with Gasteiger partial charge in [0.25, 0.3) is 0 Å². The van der Waals surface area contributed by atoms with E-state index in [-0.39, 0.29) is 12.5 Å². The number of aliphatic hydroxyl groups excluding tert-OH is 1. The molecule has 1 unspecified atom stereocenters. The second kappa shape index (κ2) is 7.63. The quantitative estimate of drug-likeness (QED) is 0.661. The Hall–Kier alpha value is -0.650. The SMILES string of the molecule is CCC(C)N1CCN(CC(=O)NCCO)CC1. The van der Waals surface area contributed by atoms with Crippen LogP contribution < -0.4 is 5.32 Å². The fourth-order valence-electron chi connectivity index (χ4n) is 2.07. The van der Waals surface area contributed by atoms with Gasteiger partial charge in [0.05, 0.1) is 13.2 Å². The maximum Gasteiger partial charge on any atom is 0.234 e. The first-order chi connectivity index (χ1) is 8.17. The van der Waals surface area contributed by atoms with E-state index in [1.807, 2.05) is 0 Å². The van der Waals surface area contributed by atoms with Gasteiger partial charge in [-0.2, -0.15) is 0 Å². The van der Waals surface area contributed by atoms with Crippen LogP contribution in [0.25, 0.3) is 0 Å². The molecule has 1 rings (SSSR count). The molecular formula is C12H25N3O2. The summed E-state index contributed by atoms with van der Waals surface area (Å²) in [6.45, 7) is 9.27. The Morgan fingerprint density at radius 3 is 2.53 bits per heavy atom. The molecule has 0 aromatic rings. The molecule has 1 atom stereocenters. The van der Waals surface area contributed by atoms with Crippen molar-refractivity contribution in [3.63, 3.8) is 0 Å². The van der Waals surface area contributed by atoms with Crippen LogP contribution in [0.5, 0.6) is 0 Å². The molecular weight excluding hydrogens is 218 g/mol. The Labute approximate surface area is 104 Å². The van der Waals surface area contributed by atoms with Crippen molar-refractivity contribution < 1.29 is 9.90 Å². The van der Waals surface area contributed by atoms with Crippen molar-refractivity contribution in [3.8, 4) is 0 Å². The Morgan fingerprint density at radius 2 is 2.00 bits per heavy atom. The summed E-state index contributed by atoms with van der Waals surface area (Å²) >= 11 is 0. The van der Waals surface area contributed by atoms with Crippen molar-refractivity contribution in [2.24, 2.45) is 0 Å². The molecule has 100 valence electrons. The fraction of sp³-hybridized carbons (Fsp3) is 0.917. The Morgan fingerprint density at radius 1 is 1.35 bits per heavy atom. The van der Waals surface area contributed by atoms with Gasteiger partial charge in [0.15, 0.2) is 0 Å². The van der Waals surface area contributed by atoms with Crippen molar-refractivity contribution in [2.45, 2.75) is 26.3 Å². The lowest BCUT2D eigenvalue weighted by molar-refractivity contribution is -0.122. The molecule has 17 heavy (non-hydrogen) atoms. The van der Waals surface area contributed by atoms with Crippen LogP contribution in [0.2, 0.25) is 0 Å². The number of piperazine rings is 1. The third-order valence-corrected chi connectivity index (χ3v) is 3.42. The van der Waals surface area contributed by atoms with Gasteiger partial charge in [0, 0.05) is 38.8 Å². The normalized spacial score (nSPS) is 20.2.